The van der Waals surface area contributed by atoms with E-state index in [4.69, 9.17) is 30.0 Å². The molecule has 0 spiro atoms. The van der Waals surface area contributed by atoms with Gasteiger partial charge in [-0.25, -0.2) is 0 Å². The quantitative estimate of drug-likeness (QED) is 0.284. The molecule has 0 aliphatic carbocycles. The summed E-state index contributed by atoms with van der Waals surface area (Å²) in [4.78, 5) is 16.7. The van der Waals surface area contributed by atoms with Crippen molar-refractivity contribution < 1.29 is 30.0 Å². The average molecular weight is 538 g/mol. The third-order valence-electron chi connectivity index (χ3n) is 0. The fourth-order valence-corrected chi connectivity index (χ4v) is 0. The fraction of sp³-hybridized carbons (Fsp3) is 0. The molecule has 0 rings (SSSR count). The van der Waals surface area contributed by atoms with Crippen LogP contribution in [0.2, 0.25) is 0 Å². The van der Waals surface area contributed by atoms with Crippen molar-refractivity contribution in [2.24, 2.45) is 0 Å². The Balaban J connectivity index is -0.0000000300. The van der Waals surface area contributed by atoms with Gasteiger partial charge in [-0.05, 0) is 12.3 Å². The summed E-state index contributed by atoms with van der Waals surface area (Å²) >= 11 is 0. The molecule has 4 radical (unpaired) electrons. The molecule has 0 saturated heterocycles. The minimum absolute atomic E-state index is 0. The standard InChI is InChI=1S/2CH2O3.2Bi/c2*2-1(3)4;;/h2*(H2,2,3,4);;/q;;2*+3/p-4. The zero-order valence-electron chi connectivity index (χ0n) is 4.34. The van der Waals surface area contributed by atoms with Crippen LogP contribution in [0.25, 0.3) is 0 Å². The van der Waals surface area contributed by atoms with Gasteiger partial charge in [0, 0.05) is 0 Å². The van der Waals surface area contributed by atoms with Crippen molar-refractivity contribution in [1.29, 1.82) is 0 Å². The van der Waals surface area contributed by atoms with Gasteiger partial charge in [0.1, 0.15) is 0 Å². The number of carbonyl (C=O) groups excluding carboxylic acids is 2. The summed E-state index contributed by atoms with van der Waals surface area (Å²) in [5.74, 6) is 0. The molecule has 0 saturated carbocycles. The first-order valence-corrected chi connectivity index (χ1v) is 1.22. The molecule has 0 aromatic carbocycles. The molecular weight excluding hydrogens is 538 g/mol. The van der Waals surface area contributed by atoms with Crippen molar-refractivity contribution in [3.63, 3.8) is 0 Å². The van der Waals surface area contributed by atoms with Gasteiger partial charge in [-0.3, -0.25) is 0 Å². The molecule has 0 bridgehead atoms. The van der Waals surface area contributed by atoms with Crippen LogP contribution in [-0.2, 0) is 0 Å². The maximum Gasteiger partial charge on any atom is 3.00 e. The summed E-state index contributed by atoms with van der Waals surface area (Å²) < 4.78 is 0. The van der Waals surface area contributed by atoms with Gasteiger partial charge in [-0.2, -0.15) is 0 Å². The number of carboxylic acid groups (broad SMARTS) is 4. The summed E-state index contributed by atoms with van der Waals surface area (Å²) in [6, 6.07) is 0. The Bertz CT molecular complexity index is 71.7. The van der Waals surface area contributed by atoms with Crippen molar-refractivity contribution in [1.82, 2.24) is 0 Å². The van der Waals surface area contributed by atoms with E-state index in [1.807, 2.05) is 0 Å². The maximum atomic E-state index is 8.33. The summed E-state index contributed by atoms with van der Waals surface area (Å²) in [6.45, 7) is 0. The third-order valence-corrected chi connectivity index (χ3v) is 0. The molecule has 0 aromatic rings. The minimum Gasteiger partial charge on any atom is -0.652 e. The Morgan fingerprint density at radius 3 is 0.700 bits per heavy atom. The third kappa shape index (κ3) is 4730. The van der Waals surface area contributed by atoms with Gasteiger partial charge in [-0.1, -0.05) is 0 Å². The molecule has 0 heterocycles. The fourth-order valence-electron chi connectivity index (χ4n) is 0. The Morgan fingerprint density at radius 1 is 0.700 bits per heavy atom. The Kier molecular flexibility index (Phi) is 36.2. The van der Waals surface area contributed by atoms with Gasteiger partial charge in [0.05, 0.1) is 0 Å². The van der Waals surface area contributed by atoms with E-state index in [1.54, 1.807) is 0 Å². The predicted molar refractivity (Wildman–Crippen MR) is 22.3 cm³/mol. The molecule has 0 atom stereocenters. The Labute approximate surface area is 94.1 Å². The van der Waals surface area contributed by atoms with E-state index in [0.29, 0.717) is 0 Å². The number of carbonyl (C=O) groups is 2. The molecule has 6 nitrogen and oxygen atoms in total. The van der Waals surface area contributed by atoms with Crippen LogP contribution in [0, 0.1) is 0 Å². The van der Waals surface area contributed by atoms with Crippen molar-refractivity contribution in [3.05, 3.63) is 0 Å². The summed E-state index contributed by atoms with van der Waals surface area (Å²) in [6.07, 6.45) is -4.67. The number of hydrogen-bond acceptors (Lipinski definition) is 6. The van der Waals surface area contributed by atoms with Crippen LogP contribution in [0.1, 0.15) is 0 Å². The van der Waals surface area contributed by atoms with Crippen molar-refractivity contribution >= 4 is 64.7 Å². The molecular formula is C2Bi2O6+2. The van der Waals surface area contributed by atoms with Crippen LogP contribution in [0.4, 0.5) is 9.59 Å². The van der Waals surface area contributed by atoms with E-state index in [9.17, 15) is 0 Å². The van der Waals surface area contributed by atoms with E-state index in [0.717, 1.165) is 0 Å². The Morgan fingerprint density at radius 2 is 0.700 bits per heavy atom. The van der Waals surface area contributed by atoms with E-state index in [1.165, 1.54) is 0 Å². The summed E-state index contributed by atoms with van der Waals surface area (Å²) in [5.41, 5.74) is 0. The zero-order valence-corrected chi connectivity index (χ0v) is 11.3. The summed E-state index contributed by atoms with van der Waals surface area (Å²) in [7, 11) is 0. The Hall–Kier alpha value is 0.306. The predicted octanol–water partition coefficient (Wildman–Crippen LogP) is -5.66. The van der Waals surface area contributed by atoms with Gasteiger partial charge in [0.25, 0.3) is 0 Å². The number of rotatable bonds is 0. The molecule has 0 N–H and O–H groups in total. The van der Waals surface area contributed by atoms with Crippen molar-refractivity contribution in [3.8, 4) is 0 Å². The molecule has 0 aliphatic heterocycles. The number of hydrogen-bond donors (Lipinski definition) is 0. The van der Waals surface area contributed by atoms with Crippen molar-refractivity contribution in [2.75, 3.05) is 0 Å². The monoisotopic (exact) mass is 538 g/mol. The zero-order chi connectivity index (χ0) is 7.15. The molecule has 10 heavy (non-hydrogen) atoms. The van der Waals surface area contributed by atoms with Crippen LogP contribution in [-0.4, -0.2) is 64.7 Å². The van der Waals surface area contributed by atoms with Gasteiger partial charge >= 0.3 is 52.4 Å². The topological polar surface area (TPSA) is 126 Å². The second kappa shape index (κ2) is 16.1. The molecule has 0 aliphatic rings. The second-order valence-electron chi connectivity index (χ2n) is 0.500. The SMILES string of the molecule is O=C([O-])[O-].O=C([O-])[O-].[Bi+3].[Bi+3]. The molecule has 0 fully saturated rings. The van der Waals surface area contributed by atoms with E-state index < -0.39 is 12.3 Å². The van der Waals surface area contributed by atoms with E-state index in [-0.39, 0.29) is 52.4 Å². The van der Waals surface area contributed by atoms with Crippen LogP contribution >= 0.6 is 0 Å². The minimum atomic E-state index is -2.33. The first-order chi connectivity index (χ1) is 3.46. The first-order valence-electron chi connectivity index (χ1n) is 1.22. The van der Waals surface area contributed by atoms with Crippen LogP contribution in [0.5, 0.6) is 0 Å². The van der Waals surface area contributed by atoms with Crippen LogP contribution in [0.15, 0.2) is 0 Å². The van der Waals surface area contributed by atoms with Gasteiger partial charge in [-0.15, -0.1) is 0 Å². The molecule has 0 aromatic heterocycles. The average Bonchev–Trinajstić information content (AvgIpc) is 1.25. The van der Waals surface area contributed by atoms with Gasteiger partial charge < -0.3 is 30.0 Å². The molecule has 0 amide bonds. The van der Waals surface area contributed by atoms with Crippen LogP contribution in [0.3, 0.4) is 0 Å². The van der Waals surface area contributed by atoms with E-state index in [2.05, 4.69) is 0 Å². The van der Waals surface area contributed by atoms with Gasteiger partial charge in [0.2, 0.25) is 0 Å². The van der Waals surface area contributed by atoms with Crippen molar-refractivity contribution in [2.45, 2.75) is 0 Å². The second-order valence-corrected chi connectivity index (χ2v) is 0.500. The largest absolute Gasteiger partial charge is 3.00 e. The maximum absolute atomic E-state index is 8.33. The molecule has 8 heteroatoms. The van der Waals surface area contributed by atoms with E-state index >= 15 is 0 Å². The van der Waals surface area contributed by atoms with Crippen LogP contribution < -0.4 is 20.4 Å². The van der Waals surface area contributed by atoms with Gasteiger partial charge in [0.15, 0.2) is 0 Å². The normalized spacial score (nSPS) is 4.80. The molecule has 52 valence electrons. The smallest absolute Gasteiger partial charge is 0.652 e. The summed E-state index contributed by atoms with van der Waals surface area (Å²) in [5, 5.41) is 33.3. The first kappa shape index (κ1) is 22.4. The molecule has 0 unspecified atom stereocenters.